The van der Waals surface area contributed by atoms with Crippen molar-refractivity contribution in [2.24, 2.45) is 0 Å². The number of aromatic amines is 1. The Morgan fingerprint density at radius 3 is 2.75 bits per heavy atom. The number of nitrogens with one attached hydrogen (secondary N) is 1. The summed E-state index contributed by atoms with van der Waals surface area (Å²) in [6, 6.07) is 5.41. The lowest BCUT2D eigenvalue weighted by Gasteiger charge is -2.17. The zero-order valence-corrected chi connectivity index (χ0v) is 10.9. The van der Waals surface area contributed by atoms with Crippen LogP contribution in [0.25, 0.3) is 11.0 Å². The minimum atomic E-state index is -1.27. The highest BCUT2D eigenvalue weighted by Crippen LogP contribution is 2.31. The van der Waals surface area contributed by atoms with Crippen molar-refractivity contribution < 1.29 is 20.1 Å². The van der Waals surface area contributed by atoms with Gasteiger partial charge in [0.15, 0.2) is 6.23 Å². The van der Waals surface area contributed by atoms with Crippen LogP contribution in [0.15, 0.2) is 23.0 Å². The Morgan fingerprint density at radius 2 is 2.10 bits per heavy atom. The van der Waals surface area contributed by atoms with E-state index in [-0.39, 0.29) is 0 Å². The summed E-state index contributed by atoms with van der Waals surface area (Å²) < 4.78 is 6.70. The van der Waals surface area contributed by atoms with Crippen LogP contribution in [0.3, 0.4) is 0 Å². The summed E-state index contributed by atoms with van der Waals surface area (Å²) in [5.41, 5.74) is 1.67. The third-order valence-electron chi connectivity index (χ3n) is 3.71. The number of aliphatic hydroxyl groups excluding tert-OH is 3. The van der Waals surface area contributed by atoms with Gasteiger partial charge in [0.25, 0.3) is 0 Å². The van der Waals surface area contributed by atoms with Crippen molar-refractivity contribution in [2.45, 2.75) is 31.5 Å². The van der Waals surface area contributed by atoms with E-state index in [9.17, 15) is 15.0 Å². The molecule has 0 aliphatic carbocycles. The van der Waals surface area contributed by atoms with Crippen molar-refractivity contribution in [1.82, 2.24) is 9.55 Å². The molecule has 1 fully saturated rings. The second-order valence-corrected chi connectivity index (χ2v) is 5.00. The summed E-state index contributed by atoms with van der Waals surface area (Å²) >= 11 is 0. The van der Waals surface area contributed by atoms with Gasteiger partial charge in [-0.05, 0) is 18.6 Å². The molecule has 1 aliphatic heterocycles. The number of hydrogen-bond acceptors (Lipinski definition) is 5. The Morgan fingerprint density at radius 1 is 1.35 bits per heavy atom. The van der Waals surface area contributed by atoms with Gasteiger partial charge in [-0.2, -0.15) is 0 Å². The fraction of sp³-hybridized carbons (Fsp3) is 0.462. The van der Waals surface area contributed by atoms with E-state index in [0.717, 1.165) is 5.56 Å². The molecule has 0 spiro atoms. The van der Waals surface area contributed by atoms with Crippen molar-refractivity contribution in [2.75, 3.05) is 6.61 Å². The van der Waals surface area contributed by atoms with Gasteiger partial charge in [-0.25, -0.2) is 4.79 Å². The van der Waals surface area contributed by atoms with Crippen LogP contribution < -0.4 is 5.69 Å². The molecule has 0 saturated carbocycles. The van der Waals surface area contributed by atoms with Crippen molar-refractivity contribution in [3.8, 4) is 0 Å². The number of rotatable bonds is 2. The molecule has 108 valence electrons. The molecule has 1 aromatic carbocycles. The van der Waals surface area contributed by atoms with E-state index in [1.54, 1.807) is 6.07 Å². The highest BCUT2D eigenvalue weighted by molar-refractivity contribution is 5.78. The second kappa shape index (κ2) is 4.71. The first kappa shape index (κ1) is 13.3. The molecule has 7 heteroatoms. The Kier molecular flexibility index (Phi) is 3.14. The molecule has 0 unspecified atom stereocenters. The van der Waals surface area contributed by atoms with Gasteiger partial charge in [-0.3, -0.25) is 4.57 Å². The summed E-state index contributed by atoms with van der Waals surface area (Å²) in [5.74, 6) is 0. The topological polar surface area (TPSA) is 108 Å². The van der Waals surface area contributed by atoms with E-state index in [1.807, 2.05) is 19.1 Å². The molecule has 2 aromatic rings. The first-order chi connectivity index (χ1) is 9.54. The van der Waals surface area contributed by atoms with Gasteiger partial charge in [0.1, 0.15) is 18.3 Å². The van der Waals surface area contributed by atoms with Gasteiger partial charge in [0, 0.05) is 0 Å². The maximum absolute atomic E-state index is 12.1. The number of benzene rings is 1. The SMILES string of the molecule is Cc1cccc2[nH]c(=O)n([C@@H]3O[C@H](CO)[C@@H](O)[C@H]3O)c12. The number of ether oxygens (including phenoxy) is 1. The van der Waals surface area contributed by atoms with E-state index in [0.29, 0.717) is 11.0 Å². The third-order valence-corrected chi connectivity index (χ3v) is 3.71. The van der Waals surface area contributed by atoms with Gasteiger partial charge in [0.2, 0.25) is 0 Å². The van der Waals surface area contributed by atoms with Crippen LogP contribution in [0, 0.1) is 6.92 Å². The summed E-state index contributed by atoms with van der Waals surface area (Å²) in [6.45, 7) is 1.41. The lowest BCUT2D eigenvalue weighted by atomic mass is 10.1. The molecular formula is C13H16N2O5. The minimum absolute atomic E-state index is 0.426. The van der Waals surface area contributed by atoms with Crippen molar-refractivity contribution in [3.63, 3.8) is 0 Å². The van der Waals surface area contributed by atoms with Crippen molar-refractivity contribution >= 4 is 11.0 Å². The van der Waals surface area contributed by atoms with Crippen LogP contribution in [0.1, 0.15) is 11.8 Å². The fourth-order valence-corrected chi connectivity index (χ4v) is 2.69. The predicted molar refractivity (Wildman–Crippen MR) is 70.3 cm³/mol. The maximum Gasteiger partial charge on any atom is 0.328 e. The molecule has 3 rings (SSSR count). The number of H-pyrrole nitrogens is 1. The molecule has 0 amide bonds. The van der Waals surface area contributed by atoms with Gasteiger partial charge in [0.05, 0.1) is 17.6 Å². The molecule has 1 saturated heterocycles. The van der Waals surface area contributed by atoms with E-state index < -0.39 is 36.8 Å². The number of aryl methyl sites for hydroxylation is 1. The molecule has 4 N–H and O–H groups in total. The average molecular weight is 280 g/mol. The van der Waals surface area contributed by atoms with Gasteiger partial charge < -0.3 is 25.0 Å². The zero-order chi connectivity index (χ0) is 14.4. The van der Waals surface area contributed by atoms with Crippen LogP contribution in [0.4, 0.5) is 0 Å². The first-order valence-electron chi connectivity index (χ1n) is 6.37. The van der Waals surface area contributed by atoms with Crippen molar-refractivity contribution in [1.29, 1.82) is 0 Å². The van der Waals surface area contributed by atoms with Crippen LogP contribution in [0.5, 0.6) is 0 Å². The number of fused-ring (bicyclic) bond motifs is 1. The number of para-hydroxylation sites is 1. The highest BCUT2D eigenvalue weighted by Gasteiger charge is 2.44. The number of nitrogens with zero attached hydrogens (tertiary/aromatic N) is 1. The Labute approximate surface area is 114 Å². The molecule has 2 heterocycles. The van der Waals surface area contributed by atoms with E-state index in [2.05, 4.69) is 4.98 Å². The Hall–Kier alpha value is -1.67. The van der Waals surface area contributed by atoms with Crippen LogP contribution in [0.2, 0.25) is 0 Å². The average Bonchev–Trinajstić information content (AvgIpc) is 2.89. The van der Waals surface area contributed by atoms with Gasteiger partial charge in [-0.1, -0.05) is 12.1 Å². The van der Waals surface area contributed by atoms with Gasteiger partial charge >= 0.3 is 5.69 Å². The molecule has 0 bridgehead atoms. The monoisotopic (exact) mass is 280 g/mol. The van der Waals surface area contributed by atoms with Crippen molar-refractivity contribution in [3.05, 3.63) is 34.2 Å². The van der Waals surface area contributed by atoms with Crippen LogP contribution >= 0.6 is 0 Å². The zero-order valence-electron chi connectivity index (χ0n) is 10.9. The molecule has 4 atom stereocenters. The predicted octanol–water partition coefficient (Wildman–Crippen LogP) is -0.750. The quantitative estimate of drug-likeness (QED) is 0.579. The second-order valence-electron chi connectivity index (χ2n) is 5.00. The maximum atomic E-state index is 12.1. The van der Waals surface area contributed by atoms with E-state index >= 15 is 0 Å². The molecule has 1 aromatic heterocycles. The van der Waals surface area contributed by atoms with Crippen LogP contribution in [-0.4, -0.2) is 49.8 Å². The lowest BCUT2D eigenvalue weighted by molar-refractivity contribution is -0.0522. The van der Waals surface area contributed by atoms with Gasteiger partial charge in [-0.15, -0.1) is 0 Å². The first-order valence-corrected chi connectivity index (χ1v) is 6.37. The normalized spacial score (nSPS) is 30.2. The standard InChI is InChI=1S/C13H16N2O5/c1-6-3-2-4-7-9(6)15(13(19)14-7)12-11(18)10(17)8(5-16)20-12/h2-4,8,10-12,16-18H,5H2,1H3,(H,14,19)/t8-,10-,11-,12-/m1/s1. The number of imidazole rings is 1. The summed E-state index contributed by atoms with van der Waals surface area (Å²) in [5, 5.41) is 29.0. The Balaban J connectivity index is 2.16. The summed E-state index contributed by atoms with van der Waals surface area (Å²) in [6.07, 6.45) is -4.44. The molecular weight excluding hydrogens is 264 g/mol. The van der Waals surface area contributed by atoms with E-state index in [1.165, 1.54) is 4.57 Å². The summed E-state index contributed by atoms with van der Waals surface area (Å²) in [4.78, 5) is 14.8. The van der Waals surface area contributed by atoms with Crippen LogP contribution in [-0.2, 0) is 4.74 Å². The number of hydrogen-bond donors (Lipinski definition) is 4. The highest BCUT2D eigenvalue weighted by atomic mass is 16.6. The van der Waals surface area contributed by atoms with E-state index in [4.69, 9.17) is 9.84 Å². The molecule has 0 radical (unpaired) electrons. The number of aromatic nitrogens is 2. The molecule has 1 aliphatic rings. The molecule has 7 nitrogen and oxygen atoms in total. The molecule has 20 heavy (non-hydrogen) atoms. The number of aliphatic hydroxyl groups is 3. The fourth-order valence-electron chi connectivity index (χ4n) is 2.69. The largest absolute Gasteiger partial charge is 0.394 e. The lowest BCUT2D eigenvalue weighted by Crippen LogP contribution is -2.34. The summed E-state index contributed by atoms with van der Waals surface area (Å²) in [7, 11) is 0. The smallest absolute Gasteiger partial charge is 0.328 e. The minimum Gasteiger partial charge on any atom is -0.394 e. The Bertz CT molecular complexity index is 692. The third kappa shape index (κ3) is 1.79.